The number of amidine groups is 1. The third kappa shape index (κ3) is 7.37. The Kier molecular flexibility index (Phi) is 9.19. The van der Waals surface area contributed by atoms with E-state index in [2.05, 4.69) is 9.98 Å². The summed E-state index contributed by atoms with van der Waals surface area (Å²) in [6, 6.07) is 7.19. The minimum absolute atomic E-state index is 0.164. The molecule has 12 nitrogen and oxygen atoms in total. The van der Waals surface area contributed by atoms with Crippen LogP contribution in [-0.4, -0.2) is 87.7 Å². The lowest BCUT2D eigenvalue weighted by Gasteiger charge is -2.53. The number of Topliss-reactive ketones (excluding diaryl/α,β-unsaturated/α-hetero) is 1. The van der Waals surface area contributed by atoms with Crippen molar-refractivity contribution in [1.29, 1.82) is 0 Å². The van der Waals surface area contributed by atoms with E-state index in [1.54, 1.807) is 59.9 Å². The van der Waals surface area contributed by atoms with Crippen molar-refractivity contribution in [2.75, 3.05) is 18.8 Å². The molecule has 0 bridgehead atoms. The fraction of sp³-hybridized carbons (Fsp3) is 0.515. The highest BCUT2D eigenvalue weighted by Crippen LogP contribution is 2.44. The van der Waals surface area contributed by atoms with E-state index in [1.165, 1.54) is 30.9 Å². The molecular weight excluding hydrogens is 631 g/mol. The number of hydrogen-bond donors (Lipinski definition) is 0. The molecule has 1 aromatic heterocycles. The number of aliphatic imine (C=N–C) groups is 1. The number of amides is 3. The standard InChI is InChI=1S/C33H41FN4O8S/c1-20-10-13-25(35-16-20)26(40)15-22-11-12-24(34)23(14-22)32(9)19-47(43,44)33(17-37(18-33)21(2)39)27(36-32)38(28(41)45-30(3,4)5)29(42)46-31(6,7)8/h10-14,16H,15,17-19H2,1-9H3/t32-/m0/s1. The number of ketones is 1. The molecule has 3 amide bonds. The number of imide groups is 1. The fourth-order valence-electron chi connectivity index (χ4n) is 5.40. The average Bonchev–Trinajstić information content (AvgIpc) is 2.86. The van der Waals surface area contributed by atoms with Gasteiger partial charge in [0, 0.05) is 38.2 Å². The van der Waals surface area contributed by atoms with Crippen LogP contribution >= 0.6 is 0 Å². The maximum Gasteiger partial charge on any atom is 0.425 e. The zero-order valence-electron chi connectivity index (χ0n) is 28.1. The zero-order chi connectivity index (χ0) is 35.3. The normalized spacial score (nSPS) is 20.1. The Morgan fingerprint density at radius 3 is 2.04 bits per heavy atom. The van der Waals surface area contributed by atoms with Crippen molar-refractivity contribution in [3.8, 4) is 0 Å². The van der Waals surface area contributed by atoms with Crippen molar-refractivity contribution in [2.45, 2.75) is 90.2 Å². The van der Waals surface area contributed by atoms with Gasteiger partial charge in [-0.05, 0) is 84.7 Å². The largest absolute Gasteiger partial charge is 0.443 e. The predicted octanol–water partition coefficient (Wildman–Crippen LogP) is 4.77. The number of ether oxygens (including phenoxy) is 2. The lowest BCUT2D eigenvalue weighted by molar-refractivity contribution is -0.132. The van der Waals surface area contributed by atoms with Crippen molar-refractivity contribution in [2.24, 2.45) is 4.99 Å². The molecular formula is C33H41FN4O8S. The summed E-state index contributed by atoms with van der Waals surface area (Å²) in [6.45, 7) is 13.0. The maximum atomic E-state index is 15.7. The molecule has 1 atom stereocenters. The second-order valence-corrected chi connectivity index (χ2v) is 16.6. The number of carbonyl (C=O) groups is 4. The number of sulfone groups is 1. The Morgan fingerprint density at radius 2 is 1.55 bits per heavy atom. The van der Waals surface area contributed by atoms with E-state index in [0.717, 1.165) is 11.6 Å². The van der Waals surface area contributed by atoms with Gasteiger partial charge in [-0.2, -0.15) is 4.90 Å². The topological polar surface area (TPSA) is 153 Å². The van der Waals surface area contributed by atoms with Gasteiger partial charge in [-0.1, -0.05) is 12.1 Å². The predicted molar refractivity (Wildman–Crippen MR) is 171 cm³/mol. The van der Waals surface area contributed by atoms with E-state index >= 15 is 4.39 Å². The van der Waals surface area contributed by atoms with Crippen LogP contribution in [0.1, 0.15) is 82.6 Å². The minimum atomic E-state index is -4.38. The first kappa shape index (κ1) is 35.7. The lowest BCUT2D eigenvalue weighted by atomic mass is 9.89. The van der Waals surface area contributed by atoms with Gasteiger partial charge in [-0.3, -0.25) is 19.6 Å². The Balaban J connectivity index is 1.90. The number of hydrogen-bond acceptors (Lipinski definition) is 10. The third-order valence-electron chi connectivity index (χ3n) is 7.70. The Bertz CT molecular complexity index is 1730. The molecule has 1 spiro atoms. The second kappa shape index (κ2) is 12.1. The Morgan fingerprint density at radius 1 is 0.979 bits per heavy atom. The summed E-state index contributed by atoms with van der Waals surface area (Å²) in [5.41, 5.74) is -2.85. The third-order valence-corrected chi connectivity index (χ3v) is 10.3. The van der Waals surface area contributed by atoms with Crippen molar-refractivity contribution >= 4 is 39.5 Å². The summed E-state index contributed by atoms with van der Waals surface area (Å²) in [7, 11) is -4.38. The molecule has 1 fully saturated rings. The van der Waals surface area contributed by atoms with Crippen LogP contribution in [-0.2, 0) is 36.1 Å². The summed E-state index contributed by atoms with van der Waals surface area (Å²) >= 11 is 0. The fourth-order valence-corrected chi connectivity index (χ4v) is 7.76. The number of aromatic nitrogens is 1. The van der Waals surface area contributed by atoms with Gasteiger partial charge >= 0.3 is 12.2 Å². The summed E-state index contributed by atoms with van der Waals surface area (Å²) in [5.74, 6) is -2.85. The second-order valence-electron chi connectivity index (χ2n) is 14.3. The molecule has 2 aromatic rings. The highest BCUT2D eigenvalue weighted by molar-refractivity contribution is 7.93. The smallest absolute Gasteiger partial charge is 0.425 e. The van der Waals surface area contributed by atoms with E-state index < -0.39 is 79.9 Å². The highest BCUT2D eigenvalue weighted by atomic mass is 32.2. The molecule has 3 heterocycles. The molecule has 1 aromatic carbocycles. The van der Waals surface area contributed by atoms with Crippen LogP contribution in [0.25, 0.3) is 0 Å². The molecule has 2 aliphatic heterocycles. The first-order chi connectivity index (χ1) is 21.5. The van der Waals surface area contributed by atoms with Gasteiger partial charge in [0.05, 0.1) is 5.75 Å². The first-order valence-electron chi connectivity index (χ1n) is 15.1. The van der Waals surface area contributed by atoms with Crippen LogP contribution in [0.4, 0.5) is 14.0 Å². The average molecular weight is 673 g/mol. The van der Waals surface area contributed by atoms with Gasteiger partial charge < -0.3 is 14.4 Å². The molecule has 0 aliphatic carbocycles. The summed E-state index contributed by atoms with van der Waals surface area (Å²) < 4.78 is 53.4. The number of pyridine rings is 1. The van der Waals surface area contributed by atoms with Crippen molar-refractivity contribution in [3.05, 3.63) is 64.7 Å². The molecule has 4 rings (SSSR count). The molecule has 2 aliphatic rings. The lowest BCUT2D eigenvalue weighted by Crippen LogP contribution is -2.77. The van der Waals surface area contributed by atoms with Gasteiger partial charge in [0.1, 0.15) is 34.1 Å². The molecule has 0 N–H and O–H groups in total. The number of nitrogens with zero attached hydrogens (tertiary/aromatic N) is 4. The Hall–Kier alpha value is -4.20. The molecule has 254 valence electrons. The molecule has 0 unspecified atom stereocenters. The van der Waals surface area contributed by atoms with E-state index in [1.807, 2.05) is 6.92 Å². The first-order valence-corrected chi connectivity index (χ1v) is 16.7. The quantitative estimate of drug-likeness (QED) is 0.418. The van der Waals surface area contributed by atoms with Crippen LogP contribution in [0.15, 0.2) is 41.5 Å². The van der Waals surface area contributed by atoms with Crippen LogP contribution in [0.3, 0.4) is 0 Å². The molecule has 1 saturated heterocycles. The number of halogens is 1. The van der Waals surface area contributed by atoms with Crippen molar-refractivity contribution in [3.63, 3.8) is 0 Å². The van der Waals surface area contributed by atoms with Crippen LogP contribution < -0.4 is 0 Å². The number of rotatable bonds is 4. The van der Waals surface area contributed by atoms with Gasteiger partial charge in [0.25, 0.3) is 0 Å². The van der Waals surface area contributed by atoms with Crippen LogP contribution in [0.5, 0.6) is 0 Å². The number of benzene rings is 1. The zero-order valence-corrected chi connectivity index (χ0v) is 29.0. The monoisotopic (exact) mass is 672 g/mol. The van der Waals surface area contributed by atoms with Crippen LogP contribution in [0, 0.1) is 12.7 Å². The van der Waals surface area contributed by atoms with Crippen molar-refractivity contribution in [1.82, 2.24) is 14.8 Å². The number of aryl methyl sites for hydroxylation is 1. The van der Waals surface area contributed by atoms with E-state index in [4.69, 9.17) is 9.47 Å². The van der Waals surface area contributed by atoms with E-state index in [9.17, 15) is 27.6 Å². The van der Waals surface area contributed by atoms with Gasteiger partial charge in [0.2, 0.25) is 5.91 Å². The van der Waals surface area contributed by atoms with Crippen LogP contribution in [0.2, 0.25) is 0 Å². The molecule has 14 heteroatoms. The number of likely N-dealkylation sites (tertiary alicyclic amines) is 1. The minimum Gasteiger partial charge on any atom is -0.443 e. The van der Waals surface area contributed by atoms with Crippen molar-refractivity contribution < 1.29 is 41.5 Å². The van der Waals surface area contributed by atoms with Gasteiger partial charge in [0.15, 0.2) is 20.4 Å². The molecule has 0 radical (unpaired) electrons. The SMILES string of the molecule is CC(=O)N1CC2(C1)C(N(C(=O)OC(C)(C)C)C(=O)OC(C)(C)C)=N[C@](C)(c1cc(CC(=O)c3ccc(C)cn3)ccc1F)CS2(=O)=O. The number of carbonyl (C=O) groups excluding carboxylic acids is 4. The highest BCUT2D eigenvalue weighted by Gasteiger charge is 2.65. The summed E-state index contributed by atoms with van der Waals surface area (Å²) in [5, 5.41) is 0. The summed E-state index contributed by atoms with van der Waals surface area (Å²) in [4.78, 5) is 63.2. The van der Waals surface area contributed by atoms with E-state index in [-0.39, 0.29) is 23.5 Å². The van der Waals surface area contributed by atoms with Gasteiger partial charge in [-0.15, -0.1) is 0 Å². The maximum absolute atomic E-state index is 15.7. The van der Waals surface area contributed by atoms with E-state index in [0.29, 0.717) is 10.5 Å². The molecule has 47 heavy (non-hydrogen) atoms. The summed E-state index contributed by atoms with van der Waals surface area (Å²) in [6.07, 6.45) is -1.12. The van der Waals surface area contributed by atoms with Gasteiger partial charge in [-0.25, -0.2) is 22.4 Å². The molecule has 0 saturated carbocycles. The Labute approximate surface area is 274 Å².